The Morgan fingerprint density at radius 2 is 1.92 bits per heavy atom. The average molecular weight is 329 g/mol. The molecule has 2 N–H and O–H groups in total. The predicted octanol–water partition coefficient (Wildman–Crippen LogP) is 1.64. The lowest BCUT2D eigenvalue weighted by molar-refractivity contribution is -0.137. The molecule has 0 aromatic heterocycles. The Morgan fingerprint density at radius 3 is 2.62 bits per heavy atom. The van der Waals surface area contributed by atoms with E-state index in [2.05, 4.69) is 22.3 Å². The van der Waals surface area contributed by atoms with Crippen molar-refractivity contribution in [1.82, 2.24) is 4.90 Å². The standard InChI is InChI=1S/C18H23N3O3/c1-13-5-6-16(20-7-3-2-4-8-20)14(11-13)19-15-12-17(23)21(9-10-22)18(15)24/h5-6,11-12,19,22H,2-4,7-10H2,1H3. The normalized spacial score (nSPS) is 18.2. The quantitative estimate of drug-likeness (QED) is 0.804. The van der Waals surface area contributed by atoms with Gasteiger partial charge in [0.1, 0.15) is 5.70 Å². The number of carbonyl (C=O) groups is 2. The third kappa shape index (κ3) is 3.28. The lowest BCUT2D eigenvalue weighted by Crippen LogP contribution is -2.34. The Morgan fingerprint density at radius 1 is 1.17 bits per heavy atom. The summed E-state index contributed by atoms with van der Waals surface area (Å²) in [5.74, 6) is -0.774. The van der Waals surface area contributed by atoms with Crippen molar-refractivity contribution in [1.29, 1.82) is 0 Å². The maximum Gasteiger partial charge on any atom is 0.277 e. The van der Waals surface area contributed by atoms with Crippen molar-refractivity contribution in [3.63, 3.8) is 0 Å². The van der Waals surface area contributed by atoms with Crippen molar-refractivity contribution in [2.24, 2.45) is 0 Å². The molecule has 6 nitrogen and oxygen atoms in total. The molecule has 1 fully saturated rings. The van der Waals surface area contributed by atoms with E-state index in [-0.39, 0.29) is 30.7 Å². The number of β-amino-alcohol motifs (C(OH)–C–C–N with tert-alkyl or cyclic N) is 1. The van der Waals surface area contributed by atoms with Crippen LogP contribution in [0.3, 0.4) is 0 Å². The van der Waals surface area contributed by atoms with E-state index in [1.807, 2.05) is 13.0 Å². The summed E-state index contributed by atoms with van der Waals surface area (Å²) in [7, 11) is 0. The van der Waals surface area contributed by atoms with Crippen molar-refractivity contribution >= 4 is 23.2 Å². The van der Waals surface area contributed by atoms with Gasteiger partial charge in [-0.25, -0.2) is 0 Å². The maximum atomic E-state index is 12.3. The van der Waals surface area contributed by atoms with E-state index in [0.717, 1.165) is 47.8 Å². The fourth-order valence-electron chi connectivity index (χ4n) is 3.22. The number of nitrogens with zero attached hydrogens (tertiary/aromatic N) is 2. The molecule has 2 aliphatic heterocycles. The fraction of sp³-hybridized carbons (Fsp3) is 0.444. The first-order valence-corrected chi connectivity index (χ1v) is 8.41. The Hall–Kier alpha value is -2.34. The van der Waals surface area contributed by atoms with Crippen LogP contribution in [0.25, 0.3) is 0 Å². The van der Waals surface area contributed by atoms with Gasteiger partial charge in [-0.1, -0.05) is 6.07 Å². The molecular formula is C18H23N3O3. The van der Waals surface area contributed by atoms with Crippen LogP contribution in [-0.2, 0) is 9.59 Å². The van der Waals surface area contributed by atoms with E-state index >= 15 is 0 Å². The first-order chi connectivity index (χ1) is 11.6. The number of aliphatic hydroxyl groups excluding tert-OH is 1. The Bertz CT molecular complexity index is 678. The Labute approximate surface area is 141 Å². The number of hydrogen-bond donors (Lipinski definition) is 2. The molecule has 1 aromatic carbocycles. The van der Waals surface area contributed by atoms with E-state index in [0.29, 0.717) is 0 Å². The number of nitrogens with one attached hydrogen (secondary N) is 1. The van der Waals surface area contributed by atoms with Crippen LogP contribution in [0.1, 0.15) is 24.8 Å². The molecule has 0 aliphatic carbocycles. The minimum absolute atomic E-state index is 0.0200. The minimum atomic E-state index is -0.389. The number of aryl methyl sites for hydroxylation is 1. The second kappa shape index (κ2) is 7.05. The van der Waals surface area contributed by atoms with Crippen molar-refractivity contribution in [3.05, 3.63) is 35.5 Å². The van der Waals surface area contributed by atoms with Gasteiger partial charge < -0.3 is 15.3 Å². The van der Waals surface area contributed by atoms with Crippen LogP contribution in [0.15, 0.2) is 30.0 Å². The summed E-state index contributed by atoms with van der Waals surface area (Å²) in [6.45, 7) is 3.79. The van der Waals surface area contributed by atoms with Crippen molar-refractivity contribution in [3.8, 4) is 0 Å². The molecule has 0 spiro atoms. The third-order valence-electron chi connectivity index (χ3n) is 4.45. The zero-order valence-electron chi connectivity index (χ0n) is 13.9. The summed E-state index contributed by atoms with van der Waals surface area (Å²) in [5, 5.41) is 12.1. The number of benzene rings is 1. The molecule has 24 heavy (non-hydrogen) atoms. The second-order valence-corrected chi connectivity index (χ2v) is 6.27. The lowest BCUT2D eigenvalue weighted by atomic mass is 10.1. The summed E-state index contributed by atoms with van der Waals surface area (Å²) in [4.78, 5) is 27.6. The second-order valence-electron chi connectivity index (χ2n) is 6.27. The average Bonchev–Trinajstić information content (AvgIpc) is 2.84. The SMILES string of the molecule is Cc1ccc(N2CCCCC2)c(NC2=CC(=O)N(CCO)C2=O)c1. The summed E-state index contributed by atoms with van der Waals surface area (Å²) in [5.41, 5.74) is 3.25. The molecule has 3 rings (SSSR count). The van der Waals surface area contributed by atoms with Crippen LogP contribution in [0.2, 0.25) is 0 Å². The fourth-order valence-corrected chi connectivity index (χ4v) is 3.22. The van der Waals surface area contributed by atoms with Gasteiger partial charge in [-0.2, -0.15) is 0 Å². The minimum Gasteiger partial charge on any atom is -0.395 e. The largest absolute Gasteiger partial charge is 0.395 e. The first kappa shape index (κ1) is 16.5. The van der Waals surface area contributed by atoms with Gasteiger partial charge in [0.2, 0.25) is 0 Å². The van der Waals surface area contributed by atoms with E-state index in [4.69, 9.17) is 5.11 Å². The number of amides is 2. The molecular weight excluding hydrogens is 306 g/mol. The van der Waals surface area contributed by atoms with Gasteiger partial charge in [0.25, 0.3) is 11.8 Å². The Balaban J connectivity index is 1.84. The molecule has 0 saturated carbocycles. The number of anilines is 2. The van der Waals surface area contributed by atoms with Crippen molar-refractivity contribution in [2.45, 2.75) is 26.2 Å². The number of rotatable bonds is 5. The number of imide groups is 1. The molecule has 2 heterocycles. The zero-order chi connectivity index (χ0) is 17.1. The monoisotopic (exact) mass is 329 g/mol. The van der Waals surface area contributed by atoms with Crippen LogP contribution >= 0.6 is 0 Å². The highest BCUT2D eigenvalue weighted by Crippen LogP contribution is 2.31. The highest BCUT2D eigenvalue weighted by molar-refractivity contribution is 6.17. The number of aliphatic hydroxyl groups is 1. The molecule has 2 amide bonds. The van der Waals surface area contributed by atoms with Crippen molar-refractivity contribution in [2.75, 3.05) is 36.5 Å². The van der Waals surface area contributed by atoms with Crippen LogP contribution < -0.4 is 10.2 Å². The van der Waals surface area contributed by atoms with E-state index in [1.165, 1.54) is 12.5 Å². The summed E-state index contributed by atoms with van der Waals surface area (Å²) < 4.78 is 0. The number of carbonyl (C=O) groups excluding carboxylic acids is 2. The number of hydrogen-bond acceptors (Lipinski definition) is 5. The smallest absolute Gasteiger partial charge is 0.277 e. The number of piperidine rings is 1. The van der Waals surface area contributed by atoms with Gasteiger partial charge in [0, 0.05) is 19.2 Å². The van der Waals surface area contributed by atoms with E-state index < -0.39 is 0 Å². The van der Waals surface area contributed by atoms with Crippen LogP contribution in [0.5, 0.6) is 0 Å². The molecule has 0 bridgehead atoms. The van der Waals surface area contributed by atoms with Crippen LogP contribution in [0, 0.1) is 6.92 Å². The molecule has 1 aromatic rings. The van der Waals surface area contributed by atoms with Gasteiger partial charge in [-0.05, 0) is 43.9 Å². The lowest BCUT2D eigenvalue weighted by Gasteiger charge is -2.31. The van der Waals surface area contributed by atoms with Gasteiger partial charge in [0.15, 0.2) is 0 Å². The molecule has 128 valence electrons. The summed E-state index contributed by atoms with van der Waals surface area (Å²) in [6, 6.07) is 6.12. The molecule has 0 radical (unpaired) electrons. The first-order valence-electron chi connectivity index (χ1n) is 8.41. The highest BCUT2D eigenvalue weighted by Gasteiger charge is 2.31. The van der Waals surface area contributed by atoms with Gasteiger partial charge >= 0.3 is 0 Å². The Kier molecular flexibility index (Phi) is 4.85. The molecule has 0 atom stereocenters. The maximum absolute atomic E-state index is 12.3. The van der Waals surface area contributed by atoms with E-state index in [9.17, 15) is 9.59 Å². The highest BCUT2D eigenvalue weighted by atomic mass is 16.3. The molecule has 1 saturated heterocycles. The van der Waals surface area contributed by atoms with Crippen LogP contribution in [0.4, 0.5) is 11.4 Å². The summed E-state index contributed by atoms with van der Waals surface area (Å²) >= 11 is 0. The zero-order valence-corrected chi connectivity index (χ0v) is 13.9. The molecule has 2 aliphatic rings. The van der Waals surface area contributed by atoms with Crippen molar-refractivity contribution < 1.29 is 14.7 Å². The molecule has 6 heteroatoms. The van der Waals surface area contributed by atoms with E-state index in [1.54, 1.807) is 0 Å². The van der Waals surface area contributed by atoms with Gasteiger partial charge in [0.05, 0.1) is 24.5 Å². The third-order valence-corrected chi connectivity index (χ3v) is 4.45. The summed E-state index contributed by atoms with van der Waals surface area (Å²) in [6.07, 6.45) is 4.88. The predicted molar refractivity (Wildman–Crippen MR) is 92.8 cm³/mol. The van der Waals surface area contributed by atoms with Gasteiger partial charge in [-0.3, -0.25) is 14.5 Å². The van der Waals surface area contributed by atoms with Crippen LogP contribution in [-0.4, -0.2) is 48.1 Å². The van der Waals surface area contributed by atoms with Gasteiger partial charge in [-0.15, -0.1) is 0 Å². The molecule has 0 unspecified atom stereocenters. The topological polar surface area (TPSA) is 72.9 Å².